The van der Waals surface area contributed by atoms with Crippen LogP contribution in [0, 0.1) is 11.3 Å². The third-order valence-corrected chi connectivity index (χ3v) is 8.31. The molecular weight excluding hydrogens is 386 g/mol. The first-order chi connectivity index (χ1) is 13.9. The molecule has 1 amide bonds. The van der Waals surface area contributed by atoms with Crippen molar-refractivity contribution in [1.29, 1.82) is 0 Å². The summed E-state index contributed by atoms with van der Waals surface area (Å²) in [5.41, 5.74) is 0.547. The van der Waals surface area contributed by atoms with Crippen molar-refractivity contribution in [3.8, 4) is 0 Å². The van der Waals surface area contributed by atoms with Gasteiger partial charge in [0.05, 0.1) is 5.92 Å². The van der Waals surface area contributed by atoms with Gasteiger partial charge in [0, 0.05) is 38.2 Å². The Kier molecular flexibility index (Phi) is 5.44. The molecule has 2 fully saturated rings. The van der Waals surface area contributed by atoms with Gasteiger partial charge in [0.25, 0.3) is 0 Å². The second-order valence-electron chi connectivity index (χ2n) is 8.19. The number of pyridine rings is 1. The molecule has 154 valence electrons. The molecule has 2 heterocycles. The number of carbonyl (C=O) groups excluding carboxylic acids is 1. The average molecular weight is 414 g/mol. The predicted molar refractivity (Wildman–Crippen MR) is 112 cm³/mol. The van der Waals surface area contributed by atoms with Crippen LogP contribution in [0.25, 0.3) is 0 Å². The number of benzene rings is 1. The van der Waals surface area contributed by atoms with Crippen molar-refractivity contribution in [2.45, 2.75) is 37.0 Å². The average Bonchev–Trinajstić information content (AvgIpc) is 3.13. The zero-order valence-corrected chi connectivity index (χ0v) is 17.5. The Bertz CT molecular complexity index is 957. The maximum atomic E-state index is 13.5. The summed E-state index contributed by atoms with van der Waals surface area (Å²) in [6.07, 6.45) is 7.96. The summed E-state index contributed by atoms with van der Waals surface area (Å²) >= 11 is 0. The summed E-state index contributed by atoms with van der Waals surface area (Å²) in [5, 5.41) is 0. The molecule has 0 bridgehead atoms. The second kappa shape index (κ2) is 7.88. The topological polar surface area (TPSA) is 70.6 Å². The Balaban J connectivity index is 1.66. The third-order valence-electron chi connectivity index (χ3n) is 6.51. The molecule has 1 unspecified atom stereocenters. The van der Waals surface area contributed by atoms with Crippen LogP contribution in [0.2, 0.25) is 0 Å². The molecule has 29 heavy (non-hydrogen) atoms. The molecule has 1 aromatic carbocycles. The summed E-state index contributed by atoms with van der Waals surface area (Å²) in [6.45, 7) is 0.635. The molecule has 4 rings (SSSR count). The van der Waals surface area contributed by atoms with E-state index in [9.17, 15) is 13.2 Å². The van der Waals surface area contributed by atoms with Gasteiger partial charge in [0.1, 0.15) is 4.90 Å². The van der Waals surface area contributed by atoms with Crippen LogP contribution >= 0.6 is 0 Å². The van der Waals surface area contributed by atoms with Crippen molar-refractivity contribution in [2.24, 2.45) is 11.3 Å². The van der Waals surface area contributed by atoms with Gasteiger partial charge >= 0.3 is 0 Å². The van der Waals surface area contributed by atoms with E-state index in [1.54, 1.807) is 30.3 Å². The van der Waals surface area contributed by atoms with Crippen molar-refractivity contribution in [1.82, 2.24) is 9.29 Å². The van der Waals surface area contributed by atoms with E-state index >= 15 is 0 Å². The lowest BCUT2D eigenvalue weighted by Gasteiger charge is -2.38. The fourth-order valence-corrected chi connectivity index (χ4v) is 6.39. The van der Waals surface area contributed by atoms with Crippen LogP contribution in [-0.4, -0.2) is 43.8 Å². The summed E-state index contributed by atoms with van der Waals surface area (Å²) in [6, 6.07) is 12.7. The van der Waals surface area contributed by atoms with Crippen LogP contribution < -0.4 is 4.90 Å². The maximum Gasteiger partial charge on any atom is 0.244 e. The van der Waals surface area contributed by atoms with E-state index in [-0.39, 0.29) is 28.7 Å². The number of para-hydroxylation sites is 1. The minimum atomic E-state index is -3.67. The molecule has 1 aromatic heterocycles. The Labute approximate surface area is 172 Å². The predicted octanol–water partition coefficient (Wildman–Crippen LogP) is 3.32. The molecule has 2 aromatic rings. The minimum absolute atomic E-state index is 0.00184. The summed E-state index contributed by atoms with van der Waals surface area (Å²) < 4.78 is 28.0. The first kappa shape index (κ1) is 20.0. The van der Waals surface area contributed by atoms with Crippen molar-refractivity contribution in [3.63, 3.8) is 0 Å². The summed E-state index contributed by atoms with van der Waals surface area (Å²) in [5.74, 6) is -0.332. The number of hydrogen-bond acceptors (Lipinski definition) is 4. The molecule has 6 nitrogen and oxygen atoms in total. The number of carbonyl (C=O) groups is 1. The highest BCUT2D eigenvalue weighted by molar-refractivity contribution is 7.89. The standard InChI is InChI=1S/C22H27N3O3S/c1-24(18-9-4-2-5-10-18)21(26)20-16-25(17-22(20)12-6-3-7-13-22)29(27,28)19-11-8-14-23-15-19/h2,4-5,8-11,14-15,20H,3,6-7,12-13,16-17H2,1H3. The molecular formula is C22H27N3O3S. The molecule has 7 heteroatoms. The SMILES string of the molecule is CN(C(=O)C1CN(S(=O)(=O)c2cccnc2)CC12CCCCC2)c1ccccc1. The monoisotopic (exact) mass is 413 g/mol. The minimum Gasteiger partial charge on any atom is -0.315 e. The van der Waals surface area contributed by atoms with E-state index in [0.717, 1.165) is 37.8 Å². The van der Waals surface area contributed by atoms with E-state index < -0.39 is 10.0 Å². The Morgan fingerprint density at radius 3 is 2.48 bits per heavy atom. The molecule has 1 atom stereocenters. The van der Waals surface area contributed by atoms with Gasteiger partial charge in [-0.3, -0.25) is 9.78 Å². The Morgan fingerprint density at radius 2 is 1.83 bits per heavy atom. The third kappa shape index (κ3) is 3.69. The van der Waals surface area contributed by atoms with E-state index in [4.69, 9.17) is 0 Å². The maximum absolute atomic E-state index is 13.5. The molecule has 0 radical (unpaired) electrons. The first-order valence-electron chi connectivity index (χ1n) is 10.2. The van der Waals surface area contributed by atoms with E-state index in [0.29, 0.717) is 6.54 Å². The molecule has 1 aliphatic carbocycles. The van der Waals surface area contributed by atoms with E-state index in [2.05, 4.69) is 4.98 Å². The lowest BCUT2D eigenvalue weighted by molar-refractivity contribution is -0.125. The number of nitrogens with zero attached hydrogens (tertiary/aromatic N) is 3. The van der Waals surface area contributed by atoms with Crippen LogP contribution in [0.4, 0.5) is 5.69 Å². The van der Waals surface area contributed by atoms with Crippen molar-refractivity contribution in [2.75, 3.05) is 25.0 Å². The lowest BCUT2D eigenvalue weighted by Crippen LogP contribution is -2.43. The summed E-state index contributed by atoms with van der Waals surface area (Å²) in [7, 11) is -1.89. The van der Waals surface area contributed by atoms with Crippen LogP contribution in [0.15, 0.2) is 59.8 Å². The van der Waals surface area contributed by atoms with Crippen LogP contribution in [0.5, 0.6) is 0 Å². The number of hydrogen-bond donors (Lipinski definition) is 0. The fourth-order valence-electron chi connectivity index (χ4n) is 4.87. The molecule has 2 aliphatic rings. The van der Waals surface area contributed by atoms with Crippen molar-refractivity contribution >= 4 is 21.6 Å². The molecule has 1 aliphatic heterocycles. The van der Waals surface area contributed by atoms with E-state index in [1.165, 1.54) is 10.5 Å². The van der Waals surface area contributed by atoms with Crippen molar-refractivity contribution in [3.05, 3.63) is 54.9 Å². The highest BCUT2D eigenvalue weighted by atomic mass is 32.2. The van der Waals surface area contributed by atoms with Gasteiger partial charge in [-0.25, -0.2) is 8.42 Å². The number of aromatic nitrogens is 1. The number of amides is 1. The molecule has 1 spiro atoms. The first-order valence-corrected chi connectivity index (χ1v) is 11.6. The van der Waals surface area contributed by atoms with Gasteiger partial charge in [-0.1, -0.05) is 37.5 Å². The Hall–Kier alpha value is -2.25. The van der Waals surface area contributed by atoms with Gasteiger partial charge in [0.15, 0.2) is 0 Å². The normalized spacial score (nSPS) is 21.9. The zero-order chi connectivity index (χ0) is 20.5. The molecule has 0 N–H and O–H groups in total. The second-order valence-corrected chi connectivity index (χ2v) is 10.1. The number of rotatable bonds is 4. The van der Waals surface area contributed by atoms with Crippen LogP contribution in [-0.2, 0) is 14.8 Å². The fraction of sp³-hybridized carbons (Fsp3) is 0.455. The highest BCUT2D eigenvalue weighted by Gasteiger charge is 2.53. The van der Waals surface area contributed by atoms with Gasteiger partial charge in [-0.05, 0) is 42.5 Å². The van der Waals surface area contributed by atoms with Crippen molar-refractivity contribution < 1.29 is 13.2 Å². The molecule has 1 saturated heterocycles. The number of anilines is 1. The van der Waals surface area contributed by atoms with Crippen LogP contribution in [0.1, 0.15) is 32.1 Å². The highest BCUT2D eigenvalue weighted by Crippen LogP contribution is 2.49. The van der Waals surface area contributed by atoms with Gasteiger partial charge in [0.2, 0.25) is 15.9 Å². The van der Waals surface area contributed by atoms with Crippen LogP contribution in [0.3, 0.4) is 0 Å². The van der Waals surface area contributed by atoms with Gasteiger partial charge < -0.3 is 4.90 Å². The van der Waals surface area contributed by atoms with Gasteiger partial charge in [-0.15, -0.1) is 0 Å². The van der Waals surface area contributed by atoms with Gasteiger partial charge in [-0.2, -0.15) is 4.31 Å². The molecule has 1 saturated carbocycles. The number of sulfonamides is 1. The summed E-state index contributed by atoms with van der Waals surface area (Å²) in [4.78, 5) is 19.4. The van der Waals surface area contributed by atoms with E-state index in [1.807, 2.05) is 30.3 Å². The quantitative estimate of drug-likeness (QED) is 0.771. The lowest BCUT2D eigenvalue weighted by atomic mass is 9.67. The smallest absolute Gasteiger partial charge is 0.244 e. The zero-order valence-electron chi connectivity index (χ0n) is 16.7. The largest absolute Gasteiger partial charge is 0.315 e. The Morgan fingerprint density at radius 1 is 1.10 bits per heavy atom.